The van der Waals surface area contributed by atoms with Gasteiger partial charge in [0.25, 0.3) is 0 Å². The molecule has 0 aliphatic heterocycles. The molecule has 0 radical (unpaired) electrons. The van der Waals surface area contributed by atoms with Crippen LogP contribution in [0, 0.1) is 0 Å². The van der Waals surface area contributed by atoms with Crippen LogP contribution in [0.25, 0.3) is 0 Å². The Morgan fingerprint density at radius 3 is 2.83 bits per heavy atom. The van der Waals surface area contributed by atoms with Crippen molar-refractivity contribution in [2.24, 2.45) is 12.0 Å². The summed E-state index contributed by atoms with van der Waals surface area (Å²) in [5, 5.41) is 14.0. The fourth-order valence-electron chi connectivity index (χ4n) is 2.25. The second-order valence-corrected chi connectivity index (χ2v) is 5.78. The van der Waals surface area contributed by atoms with E-state index in [0.717, 1.165) is 18.2 Å². The lowest BCUT2D eigenvalue weighted by atomic mass is 10.3. The highest BCUT2D eigenvalue weighted by Gasteiger charge is 2.13. The first kappa shape index (κ1) is 20.9. The van der Waals surface area contributed by atoms with Crippen molar-refractivity contribution < 1.29 is 9.52 Å². The molecular weight excluding hydrogens is 443 g/mol. The Morgan fingerprint density at radius 1 is 1.54 bits per heavy atom. The molecule has 0 aliphatic carbocycles. The van der Waals surface area contributed by atoms with Gasteiger partial charge in [-0.05, 0) is 25.1 Å². The summed E-state index contributed by atoms with van der Waals surface area (Å²) in [5.74, 6) is 1.23. The Bertz CT molecular complexity index is 643. The predicted molar refractivity (Wildman–Crippen MR) is 107 cm³/mol. The van der Waals surface area contributed by atoms with Crippen molar-refractivity contribution in [2.45, 2.75) is 19.6 Å². The molecule has 2 heterocycles. The molecule has 24 heavy (non-hydrogen) atoms. The number of aliphatic hydroxyl groups excluding tert-OH is 1. The normalized spacial score (nSPS) is 12.6. The van der Waals surface area contributed by atoms with E-state index >= 15 is 0 Å². The third-order valence-corrected chi connectivity index (χ3v) is 3.66. The van der Waals surface area contributed by atoms with E-state index in [1.165, 1.54) is 0 Å². The maximum absolute atomic E-state index is 10.1. The van der Waals surface area contributed by atoms with Crippen LogP contribution < -0.4 is 5.32 Å². The van der Waals surface area contributed by atoms with Gasteiger partial charge in [-0.25, -0.2) is 4.99 Å². The topological polar surface area (TPSA) is 65.9 Å². The smallest absolute Gasteiger partial charge is 0.194 e. The van der Waals surface area contributed by atoms with Gasteiger partial charge in [-0.15, -0.1) is 24.0 Å². The van der Waals surface area contributed by atoms with Crippen LogP contribution in [0.5, 0.6) is 0 Å². The molecule has 1 unspecified atom stereocenters. The number of aliphatic hydroxyl groups is 1. The molecule has 0 spiro atoms. The highest BCUT2D eigenvalue weighted by atomic mass is 127. The van der Waals surface area contributed by atoms with Gasteiger partial charge < -0.3 is 24.3 Å². The fourth-order valence-corrected chi connectivity index (χ4v) is 2.53. The quantitative estimate of drug-likeness (QED) is 0.390. The SMILES string of the molecule is CCNC(=NCC(O)c1ccco1)N(C)Cc1cc(Cl)cn1C.I. The van der Waals surface area contributed by atoms with E-state index in [1.54, 1.807) is 18.4 Å². The lowest BCUT2D eigenvalue weighted by molar-refractivity contribution is 0.158. The molecule has 0 aromatic carbocycles. The molecule has 2 N–H and O–H groups in total. The standard InChI is InChI=1S/C16H23ClN4O2.HI/c1-4-18-16(19-9-14(22)15-6-5-7-23-15)21(3)11-13-8-12(17)10-20(13)2;/h5-8,10,14,22H,4,9,11H2,1-3H3,(H,18,19);1H. The molecule has 2 aromatic rings. The van der Waals surface area contributed by atoms with E-state index in [9.17, 15) is 5.11 Å². The number of aromatic nitrogens is 1. The Kier molecular flexibility index (Phi) is 8.65. The summed E-state index contributed by atoms with van der Waals surface area (Å²) in [6.45, 7) is 3.64. The molecule has 0 amide bonds. The molecule has 1 atom stereocenters. The van der Waals surface area contributed by atoms with Crippen LogP contribution in [-0.4, -0.2) is 40.7 Å². The zero-order chi connectivity index (χ0) is 16.8. The number of nitrogens with one attached hydrogen (secondary N) is 1. The zero-order valence-corrected chi connectivity index (χ0v) is 17.2. The first-order chi connectivity index (χ1) is 11.0. The number of hydrogen-bond donors (Lipinski definition) is 2. The number of nitrogens with zero attached hydrogens (tertiary/aromatic N) is 3. The van der Waals surface area contributed by atoms with Crippen molar-refractivity contribution in [3.63, 3.8) is 0 Å². The first-order valence-electron chi connectivity index (χ1n) is 7.53. The minimum absolute atomic E-state index is 0. The summed E-state index contributed by atoms with van der Waals surface area (Å²) in [4.78, 5) is 6.47. The zero-order valence-electron chi connectivity index (χ0n) is 14.1. The summed E-state index contributed by atoms with van der Waals surface area (Å²) in [6, 6.07) is 5.42. The number of halogens is 2. The maximum Gasteiger partial charge on any atom is 0.194 e. The van der Waals surface area contributed by atoms with Crippen LogP contribution in [0.1, 0.15) is 24.5 Å². The van der Waals surface area contributed by atoms with Crippen molar-refractivity contribution in [1.82, 2.24) is 14.8 Å². The summed E-state index contributed by atoms with van der Waals surface area (Å²) in [6.07, 6.45) is 2.66. The molecule has 0 bridgehead atoms. The number of hydrogen-bond acceptors (Lipinski definition) is 3. The summed E-state index contributed by atoms with van der Waals surface area (Å²) in [5.41, 5.74) is 1.08. The van der Waals surface area contributed by atoms with Gasteiger partial charge in [-0.1, -0.05) is 11.6 Å². The molecule has 2 aromatic heterocycles. The van der Waals surface area contributed by atoms with Crippen molar-refractivity contribution in [2.75, 3.05) is 20.1 Å². The third-order valence-electron chi connectivity index (χ3n) is 3.46. The number of rotatable bonds is 6. The van der Waals surface area contributed by atoms with Crippen molar-refractivity contribution in [3.05, 3.63) is 47.1 Å². The van der Waals surface area contributed by atoms with Crippen LogP contribution in [0.15, 0.2) is 40.1 Å². The van der Waals surface area contributed by atoms with E-state index in [2.05, 4.69) is 10.3 Å². The van der Waals surface area contributed by atoms with Crippen molar-refractivity contribution in [3.8, 4) is 0 Å². The van der Waals surface area contributed by atoms with Gasteiger partial charge in [-0.3, -0.25) is 0 Å². The molecule has 0 fully saturated rings. The molecule has 0 saturated carbocycles. The Labute approximate surface area is 164 Å². The number of aliphatic imine (C=N–C) groups is 1. The first-order valence-corrected chi connectivity index (χ1v) is 7.90. The summed E-state index contributed by atoms with van der Waals surface area (Å²) >= 11 is 6.02. The van der Waals surface area contributed by atoms with Gasteiger partial charge in [0.2, 0.25) is 0 Å². The number of guanidine groups is 1. The maximum atomic E-state index is 10.1. The molecule has 134 valence electrons. The predicted octanol–water partition coefficient (Wildman–Crippen LogP) is 3.02. The summed E-state index contributed by atoms with van der Waals surface area (Å²) in [7, 11) is 3.90. The van der Waals surface area contributed by atoms with E-state index < -0.39 is 6.10 Å². The van der Waals surface area contributed by atoms with E-state index in [4.69, 9.17) is 16.0 Å². The monoisotopic (exact) mass is 466 g/mol. The molecule has 6 nitrogen and oxygen atoms in total. The van der Waals surface area contributed by atoms with E-state index in [-0.39, 0.29) is 30.5 Å². The van der Waals surface area contributed by atoms with Crippen molar-refractivity contribution >= 4 is 41.5 Å². The van der Waals surface area contributed by atoms with Gasteiger partial charge in [0.15, 0.2) is 5.96 Å². The minimum Gasteiger partial charge on any atom is -0.467 e. The Balaban J connectivity index is 0.00000288. The molecular formula is C16H24ClIN4O2. The molecule has 0 saturated heterocycles. The largest absolute Gasteiger partial charge is 0.467 e. The highest BCUT2D eigenvalue weighted by Crippen LogP contribution is 2.15. The third kappa shape index (κ3) is 5.71. The van der Waals surface area contributed by atoms with Gasteiger partial charge in [0, 0.05) is 32.5 Å². The van der Waals surface area contributed by atoms with E-state index in [0.29, 0.717) is 17.3 Å². The average Bonchev–Trinajstić information content (AvgIpc) is 3.13. The van der Waals surface area contributed by atoms with E-state index in [1.807, 2.05) is 42.7 Å². The molecule has 2 rings (SSSR count). The van der Waals surface area contributed by atoms with Crippen LogP contribution in [0.4, 0.5) is 0 Å². The average molecular weight is 467 g/mol. The second-order valence-electron chi connectivity index (χ2n) is 5.34. The van der Waals surface area contributed by atoms with Gasteiger partial charge in [-0.2, -0.15) is 0 Å². The summed E-state index contributed by atoms with van der Waals surface area (Å²) < 4.78 is 7.18. The van der Waals surface area contributed by atoms with Gasteiger partial charge in [0.1, 0.15) is 11.9 Å². The van der Waals surface area contributed by atoms with Gasteiger partial charge in [0.05, 0.1) is 24.4 Å². The fraction of sp³-hybridized carbons (Fsp3) is 0.438. The number of aryl methyl sites for hydroxylation is 1. The Morgan fingerprint density at radius 2 is 2.29 bits per heavy atom. The lowest BCUT2D eigenvalue weighted by Gasteiger charge is -2.22. The highest BCUT2D eigenvalue weighted by molar-refractivity contribution is 14.0. The van der Waals surface area contributed by atoms with Crippen LogP contribution in [-0.2, 0) is 13.6 Å². The second kappa shape index (κ2) is 9.95. The van der Waals surface area contributed by atoms with Crippen LogP contribution in [0.2, 0.25) is 5.02 Å². The lowest BCUT2D eigenvalue weighted by Crippen LogP contribution is -2.39. The van der Waals surface area contributed by atoms with Crippen LogP contribution >= 0.6 is 35.6 Å². The number of furan rings is 1. The molecule has 8 heteroatoms. The van der Waals surface area contributed by atoms with Crippen molar-refractivity contribution in [1.29, 1.82) is 0 Å². The van der Waals surface area contributed by atoms with Gasteiger partial charge >= 0.3 is 0 Å². The minimum atomic E-state index is -0.753. The Hall–Kier alpha value is -1.19. The molecule has 0 aliphatic rings. The van der Waals surface area contributed by atoms with Crippen LogP contribution in [0.3, 0.4) is 0 Å².